The van der Waals surface area contributed by atoms with Crippen LogP contribution in [0.15, 0.2) is 42.5 Å². The van der Waals surface area contributed by atoms with Gasteiger partial charge in [-0.05, 0) is 36.2 Å². The highest BCUT2D eigenvalue weighted by Crippen LogP contribution is 2.29. The van der Waals surface area contributed by atoms with Crippen molar-refractivity contribution in [3.05, 3.63) is 53.1 Å². The van der Waals surface area contributed by atoms with Crippen LogP contribution in [0.5, 0.6) is 11.5 Å². The summed E-state index contributed by atoms with van der Waals surface area (Å²) in [6, 6.07) is 12.0. The number of carbonyl (C=O) groups is 1. The molecular formula is C20H24ClN3O5S. The number of ether oxygens (including phenoxy) is 2. The summed E-state index contributed by atoms with van der Waals surface area (Å²) in [7, 11) is -0.767. The standard InChI is InChI=1S/C20H24ClN3O5S/c1-28-17-7-8-18(19(12-17)29-2)22-20(25)14-24-10-4-9-23(30(24,26)27)13-15-5-3-6-16(21)11-15/h3,5-8,11-12H,4,9-10,13-14H2,1-2H3,(H,22,25). The number of anilines is 1. The molecular weight excluding hydrogens is 430 g/mol. The normalized spacial score (nSPS) is 16.8. The fraction of sp³-hybridized carbons (Fsp3) is 0.350. The molecule has 0 aromatic heterocycles. The van der Waals surface area contributed by atoms with Crippen LogP contribution in [0.1, 0.15) is 12.0 Å². The molecule has 1 fully saturated rings. The Hall–Kier alpha value is -2.33. The molecule has 3 rings (SSSR count). The summed E-state index contributed by atoms with van der Waals surface area (Å²) < 4.78 is 38.9. The monoisotopic (exact) mass is 453 g/mol. The molecule has 0 unspecified atom stereocenters. The van der Waals surface area contributed by atoms with Crippen molar-refractivity contribution < 1.29 is 22.7 Å². The van der Waals surface area contributed by atoms with E-state index in [1.807, 2.05) is 6.07 Å². The molecule has 0 bridgehead atoms. The van der Waals surface area contributed by atoms with Gasteiger partial charge >= 0.3 is 0 Å². The van der Waals surface area contributed by atoms with Crippen molar-refractivity contribution in [2.75, 3.05) is 39.2 Å². The van der Waals surface area contributed by atoms with Crippen LogP contribution in [0.3, 0.4) is 0 Å². The van der Waals surface area contributed by atoms with Gasteiger partial charge in [0.05, 0.1) is 26.5 Å². The van der Waals surface area contributed by atoms with E-state index in [2.05, 4.69) is 5.32 Å². The van der Waals surface area contributed by atoms with Gasteiger partial charge in [-0.2, -0.15) is 17.0 Å². The molecule has 30 heavy (non-hydrogen) atoms. The van der Waals surface area contributed by atoms with Gasteiger partial charge in [0.2, 0.25) is 5.91 Å². The highest BCUT2D eigenvalue weighted by atomic mass is 35.5. The first-order valence-corrected chi connectivity index (χ1v) is 11.1. The summed E-state index contributed by atoms with van der Waals surface area (Å²) in [5, 5.41) is 3.26. The van der Waals surface area contributed by atoms with Gasteiger partial charge in [-0.3, -0.25) is 4.79 Å². The number of methoxy groups -OCH3 is 2. The molecule has 162 valence electrons. The highest BCUT2D eigenvalue weighted by Gasteiger charge is 2.34. The quantitative estimate of drug-likeness (QED) is 0.696. The third-order valence-electron chi connectivity index (χ3n) is 4.72. The average molecular weight is 454 g/mol. The number of amides is 1. The van der Waals surface area contributed by atoms with Crippen molar-refractivity contribution in [3.63, 3.8) is 0 Å². The first kappa shape index (κ1) is 22.4. The Kier molecular flexibility index (Phi) is 7.19. The largest absolute Gasteiger partial charge is 0.497 e. The molecule has 0 saturated carbocycles. The van der Waals surface area contributed by atoms with Gasteiger partial charge < -0.3 is 14.8 Å². The van der Waals surface area contributed by atoms with E-state index >= 15 is 0 Å². The Bertz CT molecular complexity index is 1020. The lowest BCUT2D eigenvalue weighted by atomic mass is 10.2. The van der Waals surface area contributed by atoms with E-state index in [1.165, 1.54) is 22.8 Å². The van der Waals surface area contributed by atoms with Crippen LogP contribution in [0, 0.1) is 0 Å². The Morgan fingerprint density at radius 1 is 1.10 bits per heavy atom. The van der Waals surface area contributed by atoms with Crippen molar-refractivity contribution >= 4 is 33.4 Å². The van der Waals surface area contributed by atoms with Crippen LogP contribution in [-0.4, -0.2) is 56.8 Å². The maximum Gasteiger partial charge on any atom is 0.282 e. The van der Waals surface area contributed by atoms with Crippen molar-refractivity contribution in [2.24, 2.45) is 0 Å². The maximum atomic E-state index is 13.0. The zero-order valence-corrected chi connectivity index (χ0v) is 18.4. The predicted molar refractivity (Wildman–Crippen MR) is 115 cm³/mol. The Labute approximate surface area is 181 Å². The second kappa shape index (κ2) is 9.65. The summed E-state index contributed by atoms with van der Waals surface area (Å²) in [4.78, 5) is 12.6. The fourth-order valence-electron chi connectivity index (χ4n) is 3.23. The molecule has 1 aliphatic heterocycles. The van der Waals surface area contributed by atoms with Crippen molar-refractivity contribution in [3.8, 4) is 11.5 Å². The lowest BCUT2D eigenvalue weighted by Crippen LogP contribution is -2.51. The van der Waals surface area contributed by atoms with Crippen LogP contribution >= 0.6 is 11.6 Å². The summed E-state index contributed by atoms with van der Waals surface area (Å²) in [6.45, 7) is 0.581. The third kappa shape index (κ3) is 5.23. The van der Waals surface area contributed by atoms with E-state index in [4.69, 9.17) is 21.1 Å². The van der Waals surface area contributed by atoms with Crippen molar-refractivity contribution in [2.45, 2.75) is 13.0 Å². The van der Waals surface area contributed by atoms with E-state index in [1.54, 1.807) is 36.4 Å². The highest BCUT2D eigenvalue weighted by molar-refractivity contribution is 7.86. The Balaban J connectivity index is 1.69. The first-order chi connectivity index (χ1) is 14.3. The molecule has 1 amide bonds. The number of halogens is 1. The number of nitrogens with one attached hydrogen (secondary N) is 1. The maximum absolute atomic E-state index is 13.0. The second-order valence-corrected chi connectivity index (χ2v) is 9.14. The smallest absolute Gasteiger partial charge is 0.282 e. The van der Waals surface area contributed by atoms with E-state index in [0.717, 1.165) is 5.56 Å². The zero-order valence-electron chi connectivity index (χ0n) is 16.8. The molecule has 2 aromatic carbocycles. The van der Waals surface area contributed by atoms with Gasteiger partial charge in [0.1, 0.15) is 11.5 Å². The van der Waals surface area contributed by atoms with Gasteiger partial charge in [0.15, 0.2) is 0 Å². The lowest BCUT2D eigenvalue weighted by Gasteiger charge is -2.34. The third-order valence-corrected chi connectivity index (χ3v) is 6.88. The average Bonchev–Trinajstić information content (AvgIpc) is 2.71. The van der Waals surface area contributed by atoms with Gasteiger partial charge in [-0.1, -0.05) is 23.7 Å². The van der Waals surface area contributed by atoms with Crippen LogP contribution in [0.4, 0.5) is 5.69 Å². The van der Waals surface area contributed by atoms with Crippen LogP contribution in [0.2, 0.25) is 5.02 Å². The molecule has 2 aromatic rings. The molecule has 1 N–H and O–H groups in total. The predicted octanol–water partition coefficient (Wildman–Crippen LogP) is 2.75. The molecule has 1 saturated heterocycles. The minimum atomic E-state index is -3.78. The van der Waals surface area contributed by atoms with E-state index in [-0.39, 0.29) is 19.6 Å². The van der Waals surface area contributed by atoms with E-state index in [0.29, 0.717) is 35.2 Å². The topological polar surface area (TPSA) is 88.2 Å². The van der Waals surface area contributed by atoms with Crippen LogP contribution in [0.25, 0.3) is 0 Å². The number of rotatable bonds is 7. The van der Waals surface area contributed by atoms with Gasteiger partial charge in [-0.15, -0.1) is 0 Å². The van der Waals surface area contributed by atoms with Crippen LogP contribution in [-0.2, 0) is 21.5 Å². The fourth-order valence-corrected chi connectivity index (χ4v) is 5.08. The van der Waals surface area contributed by atoms with Gasteiger partial charge in [0, 0.05) is 30.7 Å². The molecule has 8 nitrogen and oxygen atoms in total. The van der Waals surface area contributed by atoms with Gasteiger partial charge in [0.25, 0.3) is 10.2 Å². The summed E-state index contributed by atoms with van der Waals surface area (Å²) in [6.07, 6.45) is 0.624. The summed E-state index contributed by atoms with van der Waals surface area (Å²) in [5.74, 6) is 0.554. The van der Waals surface area contributed by atoms with Gasteiger partial charge in [-0.25, -0.2) is 0 Å². The van der Waals surface area contributed by atoms with Crippen molar-refractivity contribution in [1.82, 2.24) is 8.61 Å². The molecule has 0 spiro atoms. The second-order valence-electron chi connectivity index (χ2n) is 6.77. The number of carbonyl (C=O) groups excluding carboxylic acids is 1. The minimum Gasteiger partial charge on any atom is -0.497 e. The van der Waals surface area contributed by atoms with E-state index < -0.39 is 16.1 Å². The Morgan fingerprint density at radius 3 is 2.57 bits per heavy atom. The number of hydrogen-bond acceptors (Lipinski definition) is 5. The van der Waals surface area contributed by atoms with Crippen LogP contribution < -0.4 is 14.8 Å². The van der Waals surface area contributed by atoms with E-state index in [9.17, 15) is 13.2 Å². The minimum absolute atomic E-state index is 0.202. The number of benzene rings is 2. The first-order valence-electron chi connectivity index (χ1n) is 9.35. The van der Waals surface area contributed by atoms with Crippen molar-refractivity contribution in [1.29, 1.82) is 0 Å². The summed E-state index contributed by atoms with van der Waals surface area (Å²) in [5.41, 5.74) is 1.23. The summed E-state index contributed by atoms with van der Waals surface area (Å²) >= 11 is 6.00. The molecule has 0 aliphatic carbocycles. The molecule has 0 atom stereocenters. The molecule has 1 heterocycles. The SMILES string of the molecule is COc1ccc(NC(=O)CN2CCCN(Cc3cccc(Cl)c3)S2(=O)=O)c(OC)c1. The number of hydrogen-bond donors (Lipinski definition) is 1. The lowest BCUT2D eigenvalue weighted by molar-refractivity contribution is -0.116. The molecule has 0 radical (unpaired) electrons. The molecule has 1 aliphatic rings. The zero-order chi connectivity index (χ0) is 21.7. The molecule has 10 heteroatoms. The Morgan fingerprint density at radius 2 is 1.87 bits per heavy atom. The number of nitrogens with zero attached hydrogens (tertiary/aromatic N) is 2.